The molecule has 1 rings (SSSR count). The second-order valence-electron chi connectivity index (χ2n) is 3.66. The summed E-state index contributed by atoms with van der Waals surface area (Å²) >= 11 is 1.57. The van der Waals surface area contributed by atoms with Crippen molar-refractivity contribution in [3.8, 4) is 0 Å². The molecule has 1 aromatic rings. The molecule has 1 heterocycles. The molecule has 3 N–H and O–H groups in total. The van der Waals surface area contributed by atoms with E-state index in [-0.39, 0.29) is 5.91 Å². The molecule has 0 radical (unpaired) electrons. The number of carbonyl (C=O) groups is 1. The van der Waals surface area contributed by atoms with Crippen molar-refractivity contribution in [2.75, 3.05) is 11.9 Å². The molecule has 3 nitrogen and oxygen atoms in total. The lowest BCUT2D eigenvalue weighted by atomic mass is 9.81. The van der Waals surface area contributed by atoms with E-state index in [9.17, 15) is 4.79 Å². The van der Waals surface area contributed by atoms with Gasteiger partial charge < -0.3 is 11.1 Å². The number of hydrogen-bond acceptors (Lipinski definition) is 3. The minimum Gasteiger partial charge on any atom is -0.329 e. The zero-order chi connectivity index (χ0) is 11.3. The number of thiophene rings is 1. The van der Waals surface area contributed by atoms with Crippen molar-refractivity contribution in [2.24, 2.45) is 11.1 Å². The van der Waals surface area contributed by atoms with Crippen molar-refractivity contribution in [3.05, 3.63) is 16.8 Å². The highest BCUT2D eigenvalue weighted by atomic mass is 32.1. The zero-order valence-corrected chi connectivity index (χ0v) is 10.1. The molecule has 0 aliphatic carbocycles. The second-order valence-corrected chi connectivity index (χ2v) is 4.44. The third kappa shape index (κ3) is 2.58. The smallest absolute Gasteiger partial charge is 0.231 e. The van der Waals surface area contributed by atoms with E-state index in [0.717, 1.165) is 18.5 Å². The number of anilines is 1. The summed E-state index contributed by atoms with van der Waals surface area (Å²) in [6.45, 7) is 4.41. The van der Waals surface area contributed by atoms with Crippen LogP contribution >= 0.6 is 11.3 Å². The Bertz CT molecular complexity index is 296. The highest BCUT2D eigenvalue weighted by molar-refractivity contribution is 7.08. The molecule has 1 amide bonds. The van der Waals surface area contributed by atoms with Gasteiger partial charge in [-0.1, -0.05) is 13.8 Å². The molecule has 0 fully saturated rings. The lowest BCUT2D eigenvalue weighted by molar-refractivity contribution is -0.125. The zero-order valence-electron chi connectivity index (χ0n) is 9.25. The van der Waals surface area contributed by atoms with Crippen LogP contribution in [0.25, 0.3) is 0 Å². The summed E-state index contributed by atoms with van der Waals surface area (Å²) in [7, 11) is 0. The summed E-state index contributed by atoms with van der Waals surface area (Å²) in [4.78, 5) is 12.0. The largest absolute Gasteiger partial charge is 0.329 e. The highest BCUT2D eigenvalue weighted by Gasteiger charge is 2.33. The maximum Gasteiger partial charge on any atom is 0.231 e. The van der Waals surface area contributed by atoms with Gasteiger partial charge in [-0.15, -0.1) is 0 Å². The average Bonchev–Trinajstić information content (AvgIpc) is 2.74. The van der Waals surface area contributed by atoms with Gasteiger partial charge in [0.05, 0.1) is 11.1 Å². The maximum atomic E-state index is 12.0. The fraction of sp³-hybridized carbons (Fsp3) is 0.545. The monoisotopic (exact) mass is 226 g/mol. The van der Waals surface area contributed by atoms with Crippen LogP contribution in [0.5, 0.6) is 0 Å². The van der Waals surface area contributed by atoms with Crippen molar-refractivity contribution in [1.29, 1.82) is 0 Å². The highest BCUT2D eigenvalue weighted by Crippen LogP contribution is 2.27. The van der Waals surface area contributed by atoms with Crippen LogP contribution in [0.15, 0.2) is 16.8 Å². The molecule has 1 aromatic heterocycles. The van der Waals surface area contributed by atoms with Crippen LogP contribution in [-0.4, -0.2) is 12.5 Å². The van der Waals surface area contributed by atoms with E-state index in [1.807, 2.05) is 30.7 Å². The SMILES string of the molecule is CCC(CC)(CN)C(=O)Nc1ccsc1. The van der Waals surface area contributed by atoms with Crippen LogP contribution in [0.4, 0.5) is 5.69 Å². The van der Waals surface area contributed by atoms with Gasteiger partial charge in [-0.3, -0.25) is 4.79 Å². The van der Waals surface area contributed by atoms with Gasteiger partial charge in [-0.05, 0) is 24.3 Å². The molecule has 15 heavy (non-hydrogen) atoms. The molecule has 0 bridgehead atoms. The topological polar surface area (TPSA) is 55.1 Å². The third-order valence-electron chi connectivity index (χ3n) is 3.01. The Balaban J connectivity index is 2.73. The van der Waals surface area contributed by atoms with Crippen LogP contribution in [0.2, 0.25) is 0 Å². The predicted molar refractivity (Wildman–Crippen MR) is 65.0 cm³/mol. The number of rotatable bonds is 5. The molecular weight excluding hydrogens is 208 g/mol. The van der Waals surface area contributed by atoms with Crippen LogP contribution in [0.1, 0.15) is 26.7 Å². The fourth-order valence-electron chi connectivity index (χ4n) is 1.55. The molecule has 84 valence electrons. The second kappa shape index (κ2) is 5.28. The number of carbonyl (C=O) groups excluding carboxylic acids is 1. The molecule has 0 saturated carbocycles. The van der Waals surface area contributed by atoms with E-state index in [1.54, 1.807) is 11.3 Å². The van der Waals surface area contributed by atoms with Crippen molar-refractivity contribution in [3.63, 3.8) is 0 Å². The molecule has 0 unspecified atom stereocenters. The molecule has 4 heteroatoms. The standard InChI is InChI=1S/C11H18N2OS/c1-3-11(4-2,8-12)10(14)13-9-5-6-15-7-9/h5-7H,3-4,8,12H2,1-2H3,(H,13,14). The van der Waals surface area contributed by atoms with Gasteiger partial charge in [0, 0.05) is 11.9 Å². The Kier molecular flexibility index (Phi) is 4.29. The molecule has 0 atom stereocenters. The molecule has 0 aliphatic rings. The van der Waals surface area contributed by atoms with E-state index in [2.05, 4.69) is 5.32 Å². The van der Waals surface area contributed by atoms with Gasteiger partial charge in [-0.2, -0.15) is 11.3 Å². The molecule has 0 spiro atoms. The van der Waals surface area contributed by atoms with Crippen molar-refractivity contribution >= 4 is 22.9 Å². The Labute approximate surface area is 94.7 Å². The van der Waals surface area contributed by atoms with E-state index in [1.165, 1.54) is 0 Å². The van der Waals surface area contributed by atoms with Gasteiger partial charge in [0.25, 0.3) is 0 Å². The quantitative estimate of drug-likeness (QED) is 0.810. The lowest BCUT2D eigenvalue weighted by Crippen LogP contribution is -2.41. The van der Waals surface area contributed by atoms with Gasteiger partial charge in [0.15, 0.2) is 0 Å². The number of nitrogens with one attached hydrogen (secondary N) is 1. The maximum absolute atomic E-state index is 12.0. The molecule has 0 aromatic carbocycles. The van der Waals surface area contributed by atoms with E-state index >= 15 is 0 Å². The summed E-state index contributed by atoms with van der Waals surface area (Å²) in [5.41, 5.74) is 6.15. The molecule has 0 saturated heterocycles. The first-order chi connectivity index (χ1) is 7.18. The summed E-state index contributed by atoms with van der Waals surface area (Å²) < 4.78 is 0. The summed E-state index contributed by atoms with van der Waals surface area (Å²) in [6, 6.07) is 1.90. The van der Waals surface area contributed by atoms with Gasteiger partial charge in [0.1, 0.15) is 0 Å². The van der Waals surface area contributed by atoms with Crippen molar-refractivity contribution in [2.45, 2.75) is 26.7 Å². The normalized spacial score (nSPS) is 11.4. The Morgan fingerprint density at radius 3 is 2.60 bits per heavy atom. The first-order valence-electron chi connectivity index (χ1n) is 5.22. The fourth-order valence-corrected chi connectivity index (χ4v) is 2.14. The van der Waals surface area contributed by atoms with Gasteiger partial charge in [-0.25, -0.2) is 0 Å². The van der Waals surface area contributed by atoms with Crippen molar-refractivity contribution < 1.29 is 4.79 Å². The Hall–Kier alpha value is -0.870. The summed E-state index contributed by atoms with van der Waals surface area (Å²) in [5, 5.41) is 6.77. The lowest BCUT2D eigenvalue weighted by Gasteiger charge is -2.28. The number of nitrogens with two attached hydrogens (primary N) is 1. The van der Waals surface area contributed by atoms with Gasteiger partial charge >= 0.3 is 0 Å². The van der Waals surface area contributed by atoms with Crippen LogP contribution in [-0.2, 0) is 4.79 Å². The molecular formula is C11H18N2OS. The first-order valence-corrected chi connectivity index (χ1v) is 6.16. The number of hydrogen-bond donors (Lipinski definition) is 2. The van der Waals surface area contributed by atoms with Crippen molar-refractivity contribution in [1.82, 2.24) is 0 Å². The first kappa shape index (κ1) is 12.2. The van der Waals surface area contributed by atoms with E-state index < -0.39 is 5.41 Å². The van der Waals surface area contributed by atoms with Crippen LogP contribution in [0.3, 0.4) is 0 Å². The van der Waals surface area contributed by atoms with Crippen LogP contribution in [0, 0.1) is 5.41 Å². The summed E-state index contributed by atoms with van der Waals surface area (Å²) in [5.74, 6) is 0.0356. The third-order valence-corrected chi connectivity index (χ3v) is 3.69. The Morgan fingerprint density at radius 1 is 1.53 bits per heavy atom. The minimum atomic E-state index is -0.415. The van der Waals surface area contributed by atoms with E-state index in [0.29, 0.717) is 6.54 Å². The Morgan fingerprint density at radius 2 is 2.20 bits per heavy atom. The molecule has 0 aliphatic heterocycles. The van der Waals surface area contributed by atoms with E-state index in [4.69, 9.17) is 5.73 Å². The average molecular weight is 226 g/mol. The van der Waals surface area contributed by atoms with Crippen LogP contribution < -0.4 is 11.1 Å². The summed E-state index contributed by atoms with van der Waals surface area (Å²) in [6.07, 6.45) is 1.55. The minimum absolute atomic E-state index is 0.0356. The predicted octanol–water partition coefficient (Wildman–Crippen LogP) is 2.45. The van der Waals surface area contributed by atoms with Gasteiger partial charge in [0.2, 0.25) is 5.91 Å². The number of amides is 1.